The lowest BCUT2D eigenvalue weighted by atomic mass is 9.96. The molecule has 1 amide bonds. The number of carbonyl (C=O) groups is 1. The molecule has 3 rings (SSSR count). The fourth-order valence-electron chi connectivity index (χ4n) is 2.67. The molecule has 1 saturated heterocycles. The Balaban J connectivity index is 1.55. The summed E-state index contributed by atoms with van der Waals surface area (Å²) in [6.45, 7) is 2.83. The zero-order valence-electron chi connectivity index (χ0n) is 12.0. The minimum atomic E-state index is 0.173. The minimum absolute atomic E-state index is 0.173. The van der Waals surface area contributed by atoms with E-state index in [-0.39, 0.29) is 11.8 Å². The Morgan fingerprint density at radius 3 is 3.00 bits per heavy atom. The van der Waals surface area contributed by atoms with Crippen molar-refractivity contribution in [2.45, 2.75) is 19.4 Å². The van der Waals surface area contributed by atoms with Crippen molar-refractivity contribution in [2.75, 3.05) is 20.1 Å². The summed E-state index contributed by atoms with van der Waals surface area (Å²) in [6.07, 6.45) is 5.46. The second-order valence-corrected chi connectivity index (χ2v) is 6.39. The van der Waals surface area contributed by atoms with E-state index < -0.39 is 0 Å². The average molecular weight is 305 g/mol. The predicted molar refractivity (Wildman–Crippen MR) is 81.9 cm³/mol. The zero-order chi connectivity index (χ0) is 14.7. The van der Waals surface area contributed by atoms with Crippen LogP contribution in [0.4, 0.5) is 0 Å². The van der Waals surface area contributed by atoms with Crippen LogP contribution < -0.4 is 5.32 Å². The predicted octanol–water partition coefficient (Wildman–Crippen LogP) is 2.36. The number of amides is 1. The molecule has 1 N–H and O–H groups in total. The molecule has 1 aliphatic heterocycles. The zero-order valence-corrected chi connectivity index (χ0v) is 12.9. The van der Waals surface area contributed by atoms with Crippen LogP contribution in [0.15, 0.2) is 29.0 Å². The van der Waals surface area contributed by atoms with E-state index in [2.05, 4.69) is 15.2 Å². The van der Waals surface area contributed by atoms with Crippen LogP contribution in [-0.2, 0) is 11.3 Å². The third-order valence-corrected chi connectivity index (χ3v) is 4.87. The Morgan fingerprint density at radius 1 is 1.52 bits per heavy atom. The Kier molecular flexibility index (Phi) is 4.36. The lowest BCUT2D eigenvalue weighted by molar-refractivity contribution is -0.125. The maximum Gasteiger partial charge on any atom is 0.222 e. The van der Waals surface area contributed by atoms with Crippen LogP contribution in [-0.4, -0.2) is 35.9 Å². The number of likely N-dealkylation sites (tertiary alicyclic amines) is 1. The van der Waals surface area contributed by atoms with E-state index >= 15 is 0 Å². The van der Waals surface area contributed by atoms with Crippen LogP contribution >= 0.6 is 11.3 Å². The van der Waals surface area contributed by atoms with Gasteiger partial charge in [0.15, 0.2) is 10.8 Å². The van der Waals surface area contributed by atoms with Gasteiger partial charge in [0.05, 0.1) is 6.26 Å². The maximum atomic E-state index is 11.6. The number of carbonyl (C=O) groups excluding carboxylic acids is 1. The number of rotatable bonds is 4. The Hall–Kier alpha value is -1.66. The van der Waals surface area contributed by atoms with Gasteiger partial charge >= 0.3 is 0 Å². The SMILES string of the molecule is CNC(=O)C1CCN(Cc2cnc(-c3ccco3)s2)CC1. The summed E-state index contributed by atoms with van der Waals surface area (Å²) in [6, 6.07) is 3.80. The monoisotopic (exact) mass is 305 g/mol. The van der Waals surface area contributed by atoms with Crippen LogP contribution in [0, 0.1) is 5.92 Å². The van der Waals surface area contributed by atoms with E-state index in [0.29, 0.717) is 0 Å². The molecule has 0 bridgehead atoms. The van der Waals surface area contributed by atoms with Gasteiger partial charge in [0.2, 0.25) is 5.91 Å². The topological polar surface area (TPSA) is 58.4 Å². The number of hydrogen-bond acceptors (Lipinski definition) is 5. The molecular formula is C15H19N3O2S. The molecule has 3 heterocycles. The first kappa shape index (κ1) is 14.3. The van der Waals surface area contributed by atoms with Gasteiger partial charge in [-0.05, 0) is 38.1 Å². The lowest BCUT2D eigenvalue weighted by Gasteiger charge is -2.30. The van der Waals surface area contributed by atoms with Gasteiger partial charge in [-0.25, -0.2) is 4.98 Å². The van der Waals surface area contributed by atoms with E-state index in [0.717, 1.165) is 43.2 Å². The first-order chi connectivity index (χ1) is 10.3. The van der Waals surface area contributed by atoms with Crippen LogP contribution in [0.5, 0.6) is 0 Å². The molecule has 0 saturated carbocycles. The van der Waals surface area contributed by atoms with Crippen molar-refractivity contribution in [2.24, 2.45) is 5.92 Å². The molecule has 0 unspecified atom stereocenters. The van der Waals surface area contributed by atoms with E-state index in [1.54, 1.807) is 24.6 Å². The summed E-state index contributed by atoms with van der Waals surface area (Å²) in [5.41, 5.74) is 0. The fraction of sp³-hybridized carbons (Fsp3) is 0.467. The van der Waals surface area contributed by atoms with Gasteiger partial charge in [0.1, 0.15) is 0 Å². The van der Waals surface area contributed by atoms with Gasteiger partial charge in [-0.1, -0.05) is 0 Å². The van der Waals surface area contributed by atoms with Crippen molar-refractivity contribution in [1.82, 2.24) is 15.2 Å². The van der Waals surface area contributed by atoms with Gasteiger partial charge in [-0.15, -0.1) is 11.3 Å². The first-order valence-corrected chi connectivity index (χ1v) is 8.00. The molecule has 5 nitrogen and oxygen atoms in total. The van der Waals surface area contributed by atoms with E-state index in [1.807, 2.05) is 18.3 Å². The van der Waals surface area contributed by atoms with Crippen LogP contribution in [0.25, 0.3) is 10.8 Å². The molecular weight excluding hydrogens is 286 g/mol. The molecule has 0 radical (unpaired) electrons. The van der Waals surface area contributed by atoms with E-state index in [1.165, 1.54) is 4.88 Å². The second kappa shape index (κ2) is 6.41. The highest BCUT2D eigenvalue weighted by atomic mass is 32.1. The highest BCUT2D eigenvalue weighted by molar-refractivity contribution is 7.14. The lowest BCUT2D eigenvalue weighted by Crippen LogP contribution is -2.39. The standard InChI is InChI=1S/C15H19N3O2S/c1-16-14(19)11-4-6-18(7-5-11)10-12-9-17-15(21-12)13-3-2-8-20-13/h2-3,8-9,11H,4-7,10H2,1H3,(H,16,19). The normalized spacial score (nSPS) is 17.0. The van der Waals surface area contributed by atoms with Crippen molar-refractivity contribution < 1.29 is 9.21 Å². The summed E-state index contributed by atoms with van der Waals surface area (Å²) in [4.78, 5) is 19.7. The van der Waals surface area contributed by atoms with Crippen molar-refractivity contribution in [3.8, 4) is 10.8 Å². The summed E-state index contributed by atoms with van der Waals surface area (Å²) in [5.74, 6) is 1.17. The third-order valence-electron chi connectivity index (χ3n) is 3.87. The molecule has 0 atom stereocenters. The number of aromatic nitrogens is 1. The van der Waals surface area contributed by atoms with Gasteiger partial charge in [-0.3, -0.25) is 9.69 Å². The summed E-state index contributed by atoms with van der Waals surface area (Å²) in [5, 5.41) is 3.67. The molecule has 0 spiro atoms. The second-order valence-electron chi connectivity index (χ2n) is 5.27. The molecule has 0 aliphatic carbocycles. The molecule has 1 fully saturated rings. The summed E-state index contributed by atoms with van der Waals surface area (Å²) in [7, 11) is 1.71. The number of piperidine rings is 1. The smallest absolute Gasteiger partial charge is 0.222 e. The molecule has 2 aromatic rings. The Bertz CT molecular complexity index is 586. The third kappa shape index (κ3) is 3.33. The number of furan rings is 1. The van der Waals surface area contributed by atoms with Gasteiger partial charge in [0, 0.05) is 30.6 Å². The highest BCUT2D eigenvalue weighted by Gasteiger charge is 2.24. The van der Waals surface area contributed by atoms with Gasteiger partial charge < -0.3 is 9.73 Å². The largest absolute Gasteiger partial charge is 0.462 e. The Morgan fingerprint density at radius 2 is 2.33 bits per heavy atom. The van der Waals surface area contributed by atoms with Crippen molar-refractivity contribution in [3.05, 3.63) is 29.5 Å². The quantitative estimate of drug-likeness (QED) is 0.942. The van der Waals surface area contributed by atoms with E-state index in [9.17, 15) is 4.79 Å². The van der Waals surface area contributed by atoms with Gasteiger partial charge in [-0.2, -0.15) is 0 Å². The summed E-state index contributed by atoms with van der Waals surface area (Å²) < 4.78 is 5.37. The number of nitrogens with one attached hydrogen (secondary N) is 1. The molecule has 0 aromatic carbocycles. The number of hydrogen-bond donors (Lipinski definition) is 1. The molecule has 21 heavy (non-hydrogen) atoms. The van der Waals surface area contributed by atoms with Crippen molar-refractivity contribution >= 4 is 17.2 Å². The van der Waals surface area contributed by atoms with E-state index in [4.69, 9.17) is 4.42 Å². The number of nitrogens with zero attached hydrogens (tertiary/aromatic N) is 2. The van der Waals surface area contributed by atoms with Crippen molar-refractivity contribution in [3.63, 3.8) is 0 Å². The maximum absolute atomic E-state index is 11.6. The Labute approximate surface area is 128 Å². The minimum Gasteiger partial charge on any atom is -0.462 e. The molecule has 1 aliphatic rings. The number of thiazole rings is 1. The molecule has 112 valence electrons. The molecule has 2 aromatic heterocycles. The van der Waals surface area contributed by atoms with Crippen molar-refractivity contribution in [1.29, 1.82) is 0 Å². The molecule has 6 heteroatoms. The average Bonchev–Trinajstić information content (AvgIpc) is 3.18. The van der Waals surface area contributed by atoms with Gasteiger partial charge in [0.25, 0.3) is 0 Å². The first-order valence-electron chi connectivity index (χ1n) is 7.19. The fourth-order valence-corrected chi connectivity index (χ4v) is 3.60. The van der Waals surface area contributed by atoms with Crippen LogP contribution in [0.1, 0.15) is 17.7 Å². The summed E-state index contributed by atoms with van der Waals surface area (Å²) >= 11 is 1.67. The van der Waals surface area contributed by atoms with Crippen LogP contribution in [0.3, 0.4) is 0 Å². The van der Waals surface area contributed by atoms with Crippen LogP contribution in [0.2, 0.25) is 0 Å². The highest BCUT2D eigenvalue weighted by Crippen LogP contribution is 2.27.